The number of halogens is 10. The molecule has 8 rings (SSSR count). The minimum atomic E-state index is -1.65. The summed E-state index contributed by atoms with van der Waals surface area (Å²) in [5.74, 6) is -10.1. The Morgan fingerprint density at radius 3 is 1.15 bits per heavy atom. The first-order valence-corrected chi connectivity index (χ1v) is 29.0. The molecule has 1 aliphatic rings. The zero-order chi connectivity index (χ0) is 70.9. The van der Waals surface area contributed by atoms with E-state index in [9.17, 15) is 69.1 Å². The molecule has 94 heavy (non-hydrogen) atoms. The van der Waals surface area contributed by atoms with Gasteiger partial charge >= 0.3 is 37.0 Å². The number of esters is 3. The Kier molecular flexibility index (Phi) is 31.2. The van der Waals surface area contributed by atoms with Crippen LogP contribution in [-0.2, 0) is 61.9 Å². The number of carboxylic acids is 2. The predicted molar refractivity (Wildman–Crippen MR) is 338 cm³/mol. The van der Waals surface area contributed by atoms with Crippen LogP contribution in [0.1, 0.15) is 102 Å². The van der Waals surface area contributed by atoms with Crippen molar-refractivity contribution in [3.63, 3.8) is 0 Å². The number of aliphatic hydroxyl groups excluding tert-OH is 1. The van der Waals surface area contributed by atoms with Crippen molar-refractivity contribution in [1.82, 2.24) is 0 Å². The maximum absolute atomic E-state index is 14.8. The van der Waals surface area contributed by atoms with E-state index in [1.807, 2.05) is 27.7 Å². The van der Waals surface area contributed by atoms with Crippen LogP contribution in [-0.4, -0.2) is 80.5 Å². The van der Waals surface area contributed by atoms with E-state index in [0.29, 0.717) is 10.2 Å². The number of aliphatic carboxylic acids is 2. The Balaban J connectivity index is 0.000000321. The third-order valence-electron chi connectivity index (χ3n) is 12.3. The third-order valence-corrected chi connectivity index (χ3v) is 13.6. The Morgan fingerprint density at radius 2 is 0.819 bits per heavy atom. The molecule has 7 aromatic rings. The number of nitrogens with one attached hydrogen (secondary N) is 2. The van der Waals surface area contributed by atoms with E-state index in [4.69, 9.17) is 39.8 Å². The van der Waals surface area contributed by atoms with Crippen LogP contribution < -0.4 is 21.8 Å². The maximum Gasteiger partial charge on any atom is 0.497 e. The SMILES string of the molecule is CC(=O)Cl.CC(=O)OC(C(=O)Nc1ccc(B2OC(C)(C)C(C)(C)O2)c(F)c1)c1cccc(F)c1.CC(=O)OC(C(=O)Nc1ccc(Br)c(F)c1)c1cccc(F)c1.CC(=O)OC(C(=O)O)c1cccc(F)c1.Nc1ccc(Br)c(F)c1.O=C(O)C(O)c1cccc(F)c1. The molecule has 4 unspecified atom stereocenters. The average Bonchev–Trinajstić information content (AvgIpc) is 1.64. The van der Waals surface area contributed by atoms with Crippen LogP contribution in [0.15, 0.2) is 161 Å². The van der Waals surface area contributed by atoms with Crippen LogP contribution in [0.25, 0.3) is 0 Å². The average molecular weight is 1470 g/mol. The maximum atomic E-state index is 14.8. The van der Waals surface area contributed by atoms with Crippen molar-refractivity contribution in [2.24, 2.45) is 0 Å². The highest BCUT2D eigenvalue weighted by Crippen LogP contribution is 2.37. The van der Waals surface area contributed by atoms with Crippen LogP contribution in [0.2, 0.25) is 0 Å². The van der Waals surface area contributed by atoms with Crippen molar-refractivity contribution < 1.29 is 108 Å². The molecule has 4 atom stereocenters. The molecule has 1 aliphatic heterocycles. The number of benzene rings is 7. The quantitative estimate of drug-likeness (QED) is 0.0147. The van der Waals surface area contributed by atoms with E-state index >= 15 is 0 Å². The van der Waals surface area contributed by atoms with Crippen molar-refractivity contribution >= 4 is 120 Å². The number of rotatable bonds is 14. The van der Waals surface area contributed by atoms with Crippen LogP contribution in [0.3, 0.4) is 0 Å². The first-order chi connectivity index (χ1) is 43.8. The Morgan fingerprint density at radius 1 is 0.489 bits per heavy atom. The van der Waals surface area contributed by atoms with Gasteiger partial charge in [0.1, 0.15) is 40.7 Å². The Hall–Kier alpha value is -9.00. The van der Waals surface area contributed by atoms with E-state index in [1.165, 1.54) is 110 Å². The fourth-order valence-corrected chi connectivity index (χ4v) is 7.89. The number of aliphatic hydroxyl groups is 1. The lowest BCUT2D eigenvalue weighted by Gasteiger charge is -2.32. The van der Waals surface area contributed by atoms with Crippen molar-refractivity contribution in [3.8, 4) is 0 Å². The molecule has 0 radical (unpaired) electrons. The lowest BCUT2D eigenvalue weighted by molar-refractivity contribution is -0.163. The van der Waals surface area contributed by atoms with Crippen LogP contribution in [0.5, 0.6) is 0 Å². The van der Waals surface area contributed by atoms with E-state index in [-0.39, 0.29) is 54.6 Å². The van der Waals surface area contributed by atoms with Gasteiger partial charge in [-0.25, -0.2) is 40.3 Å². The van der Waals surface area contributed by atoms with Gasteiger partial charge in [-0.1, -0.05) is 54.6 Å². The Labute approximate surface area is 556 Å². The predicted octanol–water partition coefficient (Wildman–Crippen LogP) is 12.9. The lowest BCUT2D eigenvalue weighted by Crippen LogP contribution is -2.41. The third kappa shape index (κ3) is 26.5. The molecule has 19 nitrogen and oxygen atoms in total. The first kappa shape index (κ1) is 79.2. The largest absolute Gasteiger partial charge is 0.497 e. The van der Waals surface area contributed by atoms with Crippen molar-refractivity contribution in [2.45, 2.75) is 91.0 Å². The molecule has 0 aliphatic carbocycles. The summed E-state index contributed by atoms with van der Waals surface area (Å²) in [6.07, 6.45) is -5.84. The summed E-state index contributed by atoms with van der Waals surface area (Å²) < 4.78 is 120. The van der Waals surface area contributed by atoms with Crippen LogP contribution in [0, 0.1) is 40.7 Å². The van der Waals surface area contributed by atoms with E-state index in [0.717, 1.165) is 57.2 Å². The van der Waals surface area contributed by atoms with Crippen molar-refractivity contribution in [1.29, 1.82) is 0 Å². The smallest absolute Gasteiger partial charge is 0.479 e. The number of anilines is 3. The number of nitrogens with two attached hydrogens (primary N) is 1. The summed E-state index contributed by atoms with van der Waals surface area (Å²) in [4.78, 5) is 88.5. The fourth-order valence-electron chi connectivity index (χ4n) is 7.40. The zero-order valence-electron chi connectivity index (χ0n) is 50.8. The summed E-state index contributed by atoms with van der Waals surface area (Å²) in [6.45, 7) is 12.1. The van der Waals surface area contributed by atoms with Gasteiger partial charge in [0.2, 0.25) is 23.6 Å². The molecular weight excluding hydrogens is 1410 g/mol. The second-order valence-electron chi connectivity index (χ2n) is 20.3. The van der Waals surface area contributed by atoms with Gasteiger partial charge in [-0.3, -0.25) is 28.8 Å². The topological polar surface area (TPSA) is 293 Å². The molecule has 500 valence electrons. The number of carboxylic acid groups (broad SMARTS) is 2. The van der Waals surface area contributed by atoms with Gasteiger partial charge in [-0.2, -0.15) is 0 Å². The van der Waals surface area contributed by atoms with Gasteiger partial charge in [0.25, 0.3) is 11.8 Å². The zero-order valence-corrected chi connectivity index (χ0v) is 54.8. The molecule has 0 aromatic heterocycles. The molecule has 1 heterocycles. The molecule has 0 spiro atoms. The van der Waals surface area contributed by atoms with Gasteiger partial charge in [-0.05, 0) is 174 Å². The number of hydrogen-bond acceptors (Lipinski definition) is 15. The molecule has 1 fully saturated rings. The summed E-state index contributed by atoms with van der Waals surface area (Å²) in [6, 6.07) is 32.6. The molecule has 0 bridgehead atoms. The van der Waals surface area contributed by atoms with Gasteiger partial charge < -0.3 is 55.2 Å². The van der Waals surface area contributed by atoms with E-state index in [2.05, 4.69) is 58.8 Å². The summed E-state index contributed by atoms with van der Waals surface area (Å²) >= 11 is 10.6. The lowest BCUT2D eigenvalue weighted by atomic mass is 9.78. The number of amides is 2. The molecule has 1 saturated heterocycles. The van der Waals surface area contributed by atoms with Gasteiger partial charge in [0.05, 0.1) is 20.1 Å². The summed E-state index contributed by atoms with van der Waals surface area (Å²) in [5.41, 5.74) is 5.44. The van der Waals surface area contributed by atoms with Crippen LogP contribution >= 0.6 is 43.5 Å². The van der Waals surface area contributed by atoms with Crippen molar-refractivity contribution in [3.05, 3.63) is 224 Å². The Bertz CT molecular complexity index is 3820. The molecule has 2 amide bonds. The second-order valence-corrected chi connectivity index (χ2v) is 22.6. The molecule has 30 heteroatoms. The first-order valence-electron chi connectivity index (χ1n) is 27.1. The standard InChI is InChI=1S/C22H24BF2NO5.C16H12BrF2NO3.C10H9FO4.C8H7FO3.C6H5BrFN.C2H3ClO/c1-13(27)29-19(14-7-6-8-15(24)11-14)20(28)26-16-9-10-17(18(25)12-16)23-30-21(2,3)22(4,5)31-23;1-9(21)23-15(10-3-2-4-11(18)7-10)16(22)20-12-5-6-13(17)14(19)8-12;1-6(12)15-9(10(13)14)7-3-2-4-8(11)5-7;9-6-3-1-2-5(4-6)7(10)8(11)12;7-5-2-1-4(9)3-6(5)8;1-2(3)4/h6-12,19H,1-5H3,(H,26,28);2-8,15H,1H3,(H,20,22);2-5,9H,1H3,(H,13,14);1-4,7,10H,(H,11,12);1-3H,9H2;1H3. The fraction of sp³-hybridized carbons (Fsp3) is 0.219. The van der Waals surface area contributed by atoms with Gasteiger partial charge in [-0.15, -0.1) is 0 Å². The normalized spacial score (nSPS) is 13.4. The highest BCUT2D eigenvalue weighted by atomic mass is 79.9. The molecule has 0 saturated carbocycles. The van der Waals surface area contributed by atoms with E-state index < -0.39 is 119 Å². The number of carbonyl (C=O) groups excluding carboxylic acids is 6. The summed E-state index contributed by atoms with van der Waals surface area (Å²) in [7, 11) is -0.893. The van der Waals surface area contributed by atoms with Crippen molar-refractivity contribution in [2.75, 3.05) is 16.4 Å². The monoisotopic (exact) mass is 1460 g/mol. The van der Waals surface area contributed by atoms with Crippen LogP contribution in [0.4, 0.5) is 47.8 Å². The molecular formula is C64H60BBr2ClF7N3O16. The number of ether oxygens (including phenoxy) is 3. The highest BCUT2D eigenvalue weighted by molar-refractivity contribution is 9.10. The van der Waals surface area contributed by atoms with Gasteiger partial charge in [0, 0.05) is 66.9 Å². The second kappa shape index (κ2) is 37.0. The van der Waals surface area contributed by atoms with E-state index in [1.54, 1.807) is 12.1 Å². The molecule has 7 aromatic carbocycles. The number of carbonyl (C=O) groups is 8. The highest BCUT2D eigenvalue weighted by Gasteiger charge is 2.52. The minimum Gasteiger partial charge on any atom is -0.479 e. The number of hydrogen-bond donors (Lipinski definition) is 6. The summed E-state index contributed by atoms with van der Waals surface area (Å²) in [5, 5.41) is 30.6. The minimum absolute atomic E-state index is 0.0440. The number of nitrogen functional groups attached to an aromatic ring is 1. The molecule has 7 N–H and O–H groups in total. The van der Waals surface area contributed by atoms with Gasteiger partial charge in [0.15, 0.2) is 6.10 Å².